The molecule has 0 amide bonds. The fraction of sp³-hybridized carbons (Fsp3) is 0.875. The summed E-state index contributed by atoms with van der Waals surface area (Å²) in [5, 5.41) is 3.18. The van der Waals surface area contributed by atoms with Crippen LogP contribution in [0.1, 0.15) is 13.8 Å². The van der Waals surface area contributed by atoms with Crippen molar-refractivity contribution in [2.45, 2.75) is 13.8 Å². The SMILES string of the molecule is COC(=O)C1CNCC1(C)C. The summed E-state index contributed by atoms with van der Waals surface area (Å²) in [5.41, 5.74) is 0.0487. The van der Waals surface area contributed by atoms with Gasteiger partial charge in [-0.15, -0.1) is 0 Å². The minimum atomic E-state index is -0.0972. The quantitative estimate of drug-likeness (QED) is 0.560. The van der Waals surface area contributed by atoms with E-state index in [0.717, 1.165) is 13.1 Å². The Kier molecular flexibility index (Phi) is 2.18. The molecule has 0 aromatic rings. The van der Waals surface area contributed by atoms with Gasteiger partial charge in [-0.1, -0.05) is 13.8 Å². The summed E-state index contributed by atoms with van der Waals surface area (Å²) in [6.07, 6.45) is 0. The number of hydrogen-bond donors (Lipinski definition) is 1. The van der Waals surface area contributed by atoms with Crippen LogP contribution in [-0.2, 0) is 9.53 Å². The minimum Gasteiger partial charge on any atom is -0.469 e. The van der Waals surface area contributed by atoms with E-state index in [-0.39, 0.29) is 17.3 Å². The molecule has 3 heteroatoms. The number of ether oxygens (including phenoxy) is 1. The molecule has 1 fully saturated rings. The van der Waals surface area contributed by atoms with Crippen molar-refractivity contribution in [2.24, 2.45) is 11.3 Å². The van der Waals surface area contributed by atoms with Gasteiger partial charge in [0.05, 0.1) is 13.0 Å². The van der Waals surface area contributed by atoms with E-state index in [4.69, 9.17) is 4.74 Å². The van der Waals surface area contributed by atoms with Crippen molar-refractivity contribution >= 4 is 5.97 Å². The zero-order valence-corrected chi connectivity index (χ0v) is 7.31. The number of hydrogen-bond acceptors (Lipinski definition) is 3. The second-order valence-electron chi connectivity index (χ2n) is 3.70. The van der Waals surface area contributed by atoms with Crippen LogP contribution in [0.4, 0.5) is 0 Å². The first kappa shape index (κ1) is 8.53. The molecule has 1 rings (SSSR count). The van der Waals surface area contributed by atoms with Crippen LogP contribution < -0.4 is 5.32 Å². The fourth-order valence-electron chi connectivity index (χ4n) is 1.48. The summed E-state index contributed by atoms with van der Waals surface area (Å²) in [4.78, 5) is 11.2. The van der Waals surface area contributed by atoms with Crippen molar-refractivity contribution in [1.29, 1.82) is 0 Å². The first-order chi connectivity index (χ1) is 5.08. The summed E-state index contributed by atoms with van der Waals surface area (Å²) in [7, 11) is 1.44. The molecule has 0 aliphatic carbocycles. The Labute approximate surface area is 67.1 Å². The largest absolute Gasteiger partial charge is 0.469 e. The van der Waals surface area contributed by atoms with Crippen LogP contribution in [0.3, 0.4) is 0 Å². The van der Waals surface area contributed by atoms with Crippen molar-refractivity contribution in [3.05, 3.63) is 0 Å². The third-order valence-electron chi connectivity index (χ3n) is 2.36. The molecule has 0 spiro atoms. The van der Waals surface area contributed by atoms with Crippen molar-refractivity contribution in [2.75, 3.05) is 20.2 Å². The highest BCUT2D eigenvalue weighted by Gasteiger charge is 2.39. The molecule has 1 saturated heterocycles. The lowest BCUT2D eigenvalue weighted by atomic mass is 9.82. The van der Waals surface area contributed by atoms with E-state index in [1.165, 1.54) is 7.11 Å². The molecule has 0 saturated carbocycles. The smallest absolute Gasteiger partial charge is 0.310 e. The minimum absolute atomic E-state index is 0.0208. The maximum Gasteiger partial charge on any atom is 0.310 e. The molecule has 3 nitrogen and oxygen atoms in total. The predicted molar refractivity (Wildman–Crippen MR) is 42.2 cm³/mol. The van der Waals surface area contributed by atoms with Gasteiger partial charge in [0.2, 0.25) is 0 Å². The standard InChI is InChI=1S/C8H15NO2/c1-8(2)5-9-4-6(8)7(10)11-3/h6,9H,4-5H2,1-3H3. The lowest BCUT2D eigenvalue weighted by Gasteiger charge is -2.22. The van der Waals surface area contributed by atoms with Crippen LogP contribution in [0.2, 0.25) is 0 Å². The monoisotopic (exact) mass is 157 g/mol. The number of carbonyl (C=O) groups is 1. The number of nitrogens with one attached hydrogen (secondary N) is 1. The van der Waals surface area contributed by atoms with Gasteiger partial charge >= 0.3 is 5.97 Å². The summed E-state index contributed by atoms with van der Waals surface area (Å²) < 4.78 is 4.69. The molecular formula is C8H15NO2. The molecule has 11 heavy (non-hydrogen) atoms. The van der Waals surface area contributed by atoms with E-state index in [1.807, 2.05) is 0 Å². The van der Waals surface area contributed by atoms with Gasteiger partial charge in [-0.25, -0.2) is 0 Å². The molecule has 1 N–H and O–H groups in total. The molecule has 1 aliphatic rings. The second-order valence-corrected chi connectivity index (χ2v) is 3.70. The highest BCUT2D eigenvalue weighted by atomic mass is 16.5. The molecule has 1 aliphatic heterocycles. The fourth-order valence-corrected chi connectivity index (χ4v) is 1.48. The van der Waals surface area contributed by atoms with Gasteiger partial charge < -0.3 is 10.1 Å². The predicted octanol–water partition coefficient (Wildman–Crippen LogP) is 0.405. The van der Waals surface area contributed by atoms with Crippen molar-refractivity contribution in [3.8, 4) is 0 Å². The van der Waals surface area contributed by atoms with Gasteiger partial charge in [-0.05, 0) is 5.41 Å². The van der Waals surface area contributed by atoms with Gasteiger partial charge in [0.25, 0.3) is 0 Å². The molecule has 1 heterocycles. The molecule has 1 unspecified atom stereocenters. The Hall–Kier alpha value is -0.570. The van der Waals surface area contributed by atoms with Crippen LogP contribution in [0.25, 0.3) is 0 Å². The first-order valence-electron chi connectivity index (χ1n) is 3.86. The molecule has 64 valence electrons. The zero-order chi connectivity index (χ0) is 8.48. The molecular weight excluding hydrogens is 142 g/mol. The molecule has 0 radical (unpaired) electrons. The van der Waals surface area contributed by atoms with E-state index in [1.54, 1.807) is 0 Å². The maximum absolute atomic E-state index is 11.2. The van der Waals surface area contributed by atoms with Crippen LogP contribution in [0.5, 0.6) is 0 Å². The van der Waals surface area contributed by atoms with E-state index in [2.05, 4.69) is 19.2 Å². The van der Waals surface area contributed by atoms with E-state index in [0.29, 0.717) is 0 Å². The number of rotatable bonds is 1. The summed E-state index contributed by atoms with van der Waals surface area (Å²) in [6.45, 7) is 5.80. The average molecular weight is 157 g/mol. The van der Waals surface area contributed by atoms with Gasteiger partial charge in [-0.2, -0.15) is 0 Å². The normalized spacial score (nSPS) is 28.5. The maximum atomic E-state index is 11.2. The van der Waals surface area contributed by atoms with Gasteiger partial charge in [0.15, 0.2) is 0 Å². The Bertz CT molecular complexity index is 165. The number of methoxy groups -OCH3 is 1. The van der Waals surface area contributed by atoms with Crippen LogP contribution in [0.15, 0.2) is 0 Å². The van der Waals surface area contributed by atoms with Gasteiger partial charge in [0.1, 0.15) is 0 Å². The third kappa shape index (κ3) is 1.53. The first-order valence-corrected chi connectivity index (χ1v) is 3.86. The Morgan fingerprint density at radius 1 is 1.64 bits per heavy atom. The zero-order valence-electron chi connectivity index (χ0n) is 7.31. The van der Waals surface area contributed by atoms with Gasteiger partial charge in [-0.3, -0.25) is 4.79 Å². The van der Waals surface area contributed by atoms with Crippen LogP contribution in [0, 0.1) is 11.3 Å². The lowest BCUT2D eigenvalue weighted by Crippen LogP contribution is -2.30. The summed E-state index contributed by atoms with van der Waals surface area (Å²) in [6, 6.07) is 0. The molecule has 1 atom stereocenters. The Morgan fingerprint density at radius 3 is 2.64 bits per heavy atom. The number of esters is 1. The average Bonchev–Trinajstić information content (AvgIpc) is 2.28. The Balaban J connectivity index is 2.64. The third-order valence-corrected chi connectivity index (χ3v) is 2.36. The van der Waals surface area contributed by atoms with E-state index >= 15 is 0 Å². The molecule has 0 aromatic carbocycles. The second kappa shape index (κ2) is 2.81. The van der Waals surface area contributed by atoms with Gasteiger partial charge in [0, 0.05) is 13.1 Å². The van der Waals surface area contributed by atoms with Crippen molar-refractivity contribution in [1.82, 2.24) is 5.32 Å². The molecule has 0 bridgehead atoms. The van der Waals surface area contributed by atoms with Crippen LogP contribution in [-0.4, -0.2) is 26.2 Å². The van der Waals surface area contributed by atoms with Crippen molar-refractivity contribution < 1.29 is 9.53 Å². The Morgan fingerprint density at radius 2 is 2.27 bits per heavy atom. The summed E-state index contributed by atoms with van der Waals surface area (Å²) in [5.74, 6) is -0.0764. The summed E-state index contributed by atoms with van der Waals surface area (Å²) >= 11 is 0. The topological polar surface area (TPSA) is 38.3 Å². The van der Waals surface area contributed by atoms with E-state index < -0.39 is 0 Å². The van der Waals surface area contributed by atoms with E-state index in [9.17, 15) is 4.79 Å². The molecule has 0 aromatic heterocycles. The van der Waals surface area contributed by atoms with Crippen LogP contribution >= 0.6 is 0 Å². The number of carbonyl (C=O) groups excluding carboxylic acids is 1. The highest BCUT2D eigenvalue weighted by molar-refractivity contribution is 5.74. The lowest BCUT2D eigenvalue weighted by molar-refractivity contribution is -0.147. The van der Waals surface area contributed by atoms with Crippen molar-refractivity contribution in [3.63, 3.8) is 0 Å². The highest BCUT2D eigenvalue weighted by Crippen LogP contribution is 2.30.